The second kappa shape index (κ2) is 8.14. The number of rotatable bonds is 6. The number of hydrogen-bond donors (Lipinski definition) is 0. The number of nitro groups is 1. The highest BCUT2D eigenvalue weighted by Gasteiger charge is 2.20. The van der Waals surface area contributed by atoms with Crippen LogP contribution in [0.15, 0.2) is 65.0 Å². The van der Waals surface area contributed by atoms with Crippen molar-refractivity contribution in [1.29, 1.82) is 5.26 Å². The van der Waals surface area contributed by atoms with E-state index in [2.05, 4.69) is 15.2 Å². The van der Waals surface area contributed by atoms with Crippen LogP contribution in [-0.2, 0) is 16.1 Å². The molecule has 8 nitrogen and oxygen atoms in total. The summed E-state index contributed by atoms with van der Waals surface area (Å²) in [5.41, 5.74) is 1.02. The molecule has 0 saturated heterocycles. The number of hydrogen-bond acceptors (Lipinski definition) is 7. The molecule has 0 radical (unpaired) electrons. The lowest BCUT2D eigenvalue weighted by molar-refractivity contribution is -0.384. The normalized spacial score (nSPS) is 11.6. The van der Waals surface area contributed by atoms with Crippen LogP contribution in [-0.4, -0.2) is 10.9 Å². The van der Waals surface area contributed by atoms with Gasteiger partial charge >= 0.3 is 5.97 Å². The molecule has 2 aromatic rings. The molecule has 0 spiro atoms. The van der Waals surface area contributed by atoms with E-state index >= 15 is 0 Å². The molecule has 0 aliphatic carbocycles. The number of nitriles is 1. The van der Waals surface area contributed by atoms with Crippen LogP contribution in [0.3, 0.4) is 0 Å². The van der Waals surface area contributed by atoms with Crippen molar-refractivity contribution in [3.8, 4) is 6.07 Å². The second-order valence-electron chi connectivity index (χ2n) is 4.74. The molecule has 1 unspecified atom stereocenters. The van der Waals surface area contributed by atoms with Gasteiger partial charge in [0, 0.05) is 17.4 Å². The number of benzene rings is 2. The first-order chi connectivity index (χ1) is 11.6. The fourth-order valence-electron chi connectivity index (χ4n) is 1.84. The molecule has 0 heterocycles. The van der Waals surface area contributed by atoms with Gasteiger partial charge < -0.3 is 0 Å². The Morgan fingerprint density at radius 2 is 1.88 bits per heavy atom. The van der Waals surface area contributed by atoms with E-state index in [0.717, 1.165) is 5.56 Å². The highest BCUT2D eigenvalue weighted by molar-refractivity contribution is 5.75. The first-order valence-electron chi connectivity index (χ1n) is 6.90. The molecule has 120 valence electrons. The summed E-state index contributed by atoms with van der Waals surface area (Å²) in [6.45, 7) is 0. The third-order valence-electron chi connectivity index (χ3n) is 3.07. The average Bonchev–Trinajstić information content (AvgIpc) is 2.61. The minimum Gasteiger partial charge on any atom is -0.298 e. The summed E-state index contributed by atoms with van der Waals surface area (Å²) >= 11 is 0. The molecular formula is C16H12N4O4. The van der Waals surface area contributed by atoms with Gasteiger partial charge in [-0.25, -0.2) is 4.79 Å². The zero-order valence-corrected chi connectivity index (χ0v) is 12.4. The first-order valence-corrected chi connectivity index (χ1v) is 6.90. The molecule has 0 aliphatic rings. The Bertz CT molecular complexity index is 782. The van der Waals surface area contributed by atoms with E-state index in [1.165, 1.54) is 24.3 Å². The van der Waals surface area contributed by atoms with Gasteiger partial charge in [-0.05, 0) is 24.1 Å². The summed E-state index contributed by atoms with van der Waals surface area (Å²) in [7, 11) is 0. The van der Waals surface area contributed by atoms with Crippen molar-refractivity contribution >= 4 is 17.3 Å². The standard InChI is InChI=1S/C16H12N4O4/c17-11-13(10-12-4-2-1-3-5-12)16(21)24-19-18-14-6-8-15(9-7-14)20(22)23/h1-9,13H,10H2. The quantitative estimate of drug-likeness (QED) is 0.457. The molecule has 0 aromatic heterocycles. The molecular weight excluding hydrogens is 312 g/mol. The largest absolute Gasteiger partial charge is 0.354 e. The summed E-state index contributed by atoms with van der Waals surface area (Å²) in [4.78, 5) is 26.4. The molecule has 1 atom stereocenters. The van der Waals surface area contributed by atoms with Gasteiger partial charge in [0.1, 0.15) is 0 Å². The monoisotopic (exact) mass is 324 g/mol. The maximum absolute atomic E-state index is 11.8. The van der Waals surface area contributed by atoms with Crippen molar-refractivity contribution in [2.75, 3.05) is 0 Å². The van der Waals surface area contributed by atoms with Gasteiger partial charge in [0.05, 0.1) is 16.7 Å². The molecule has 0 fully saturated rings. The van der Waals surface area contributed by atoms with Crippen LogP contribution in [0, 0.1) is 27.4 Å². The molecule has 0 amide bonds. The van der Waals surface area contributed by atoms with E-state index in [0.29, 0.717) is 0 Å². The fourth-order valence-corrected chi connectivity index (χ4v) is 1.84. The van der Waals surface area contributed by atoms with Crippen molar-refractivity contribution in [3.63, 3.8) is 0 Å². The predicted octanol–water partition coefficient (Wildman–Crippen LogP) is 3.52. The fraction of sp³-hybridized carbons (Fsp3) is 0.125. The topological polar surface area (TPSA) is 118 Å². The molecule has 0 saturated carbocycles. The Hall–Kier alpha value is -3.60. The van der Waals surface area contributed by atoms with Gasteiger partial charge in [-0.3, -0.25) is 15.0 Å². The molecule has 24 heavy (non-hydrogen) atoms. The van der Waals surface area contributed by atoms with Crippen molar-refractivity contribution in [2.24, 2.45) is 16.3 Å². The second-order valence-corrected chi connectivity index (χ2v) is 4.74. The maximum atomic E-state index is 11.8. The lowest BCUT2D eigenvalue weighted by Gasteiger charge is -2.05. The van der Waals surface area contributed by atoms with Gasteiger partial charge in [0.15, 0.2) is 5.92 Å². The van der Waals surface area contributed by atoms with Crippen molar-refractivity contribution in [3.05, 3.63) is 70.3 Å². The third-order valence-corrected chi connectivity index (χ3v) is 3.07. The van der Waals surface area contributed by atoms with Crippen LogP contribution in [0.4, 0.5) is 11.4 Å². The van der Waals surface area contributed by atoms with Gasteiger partial charge in [0.2, 0.25) is 0 Å². The molecule has 0 aliphatic heterocycles. The first kappa shape index (κ1) is 16.8. The summed E-state index contributed by atoms with van der Waals surface area (Å²) < 4.78 is 0. The molecule has 2 rings (SSSR count). The van der Waals surface area contributed by atoms with E-state index in [9.17, 15) is 14.9 Å². The van der Waals surface area contributed by atoms with Crippen molar-refractivity contribution in [1.82, 2.24) is 0 Å². The predicted molar refractivity (Wildman–Crippen MR) is 83.0 cm³/mol. The van der Waals surface area contributed by atoms with Crippen LogP contribution >= 0.6 is 0 Å². The highest BCUT2D eigenvalue weighted by atomic mass is 16.7. The molecule has 2 aromatic carbocycles. The Kier molecular flexibility index (Phi) is 5.69. The summed E-state index contributed by atoms with van der Waals surface area (Å²) in [6, 6.07) is 16.2. The zero-order valence-electron chi connectivity index (χ0n) is 12.4. The Balaban J connectivity index is 1.93. The van der Waals surface area contributed by atoms with Crippen LogP contribution in [0.2, 0.25) is 0 Å². The maximum Gasteiger partial charge on any atom is 0.354 e. The van der Waals surface area contributed by atoms with Gasteiger partial charge in [0.25, 0.3) is 5.69 Å². The minimum atomic E-state index is -0.997. The summed E-state index contributed by atoms with van der Waals surface area (Å²) in [5, 5.41) is 26.5. The van der Waals surface area contributed by atoms with Crippen molar-refractivity contribution < 1.29 is 14.6 Å². The van der Waals surface area contributed by atoms with E-state index in [4.69, 9.17) is 5.26 Å². The lowest BCUT2D eigenvalue weighted by Crippen LogP contribution is -2.16. The SMILES string of the molecule is N#CC(Cc1ccccc1)C(=O)ON=Nc1ccc([N+](=O)[O-])cc1. The van der Waals surface area contributed by atoms with E-state index < -0.39 is 16.8 Å². The number of carbonyl (C=O) groups excluding carboxylic acids is 1. The van der Waals surface area contributed by atoms with E-state index in [1.54, 1.807) is 12.1 Å². The Labute approximate surface area is 137 Å². The average molecular weight is 324 g/mol. The summed E-state index contributed by atoms with van der Waals surface area (Å²) in [6.07, 6.45) is 0.212. The van der Waals surface area contributed by atoms with Crippen LogP contribution < -0.4 is 0 Å². The minimum absolute atomic E-state index is 0.0849. The van der Waals surface area contributed by atoms with Gasteiger partial charge in [-0.2, -0.15) is 5.26 Å². The van der Waals surface area contributed by atoms with E-state index in [-0.39, 0.29) is 17.8 Å². The Morgan fingerprint density at radius 3 is 2.46 bits per heavy atom. The number of non-ortho nitro benzene ring substituents is 1. The van der Waals surface area contributed by atoms with Crippen molar-refractivity contribution in [2.45, 2.75) is 6.42 Å². The van der Waals surface area contributed by atoms with Crippen LogP contribution in [0.5, 0.6) is 0 Å². The van der Waals surface area contributed by atoms with Gasteiger partial charge in [-0.15, -0.1) is 5.11 Å². The lowest BCUT2D eigenvalue weighted by atomic mass is 10.0. The molecule has 0 N–H and O–H groups in total. The highest BCUT2D eigenvalue weighted by Crippen LogP contribution is 2.18. The number of nitrogens with zero attached hydrogens (tertiary/aromatic N) is 4. The zero-order chi connectivity index (χ0) is 17.4. The number of carbonyl (C=O) groups is 1. The molecule has 0 bridgehead atoms. The van der Waals surface area contributed by atoms with Crippen LogP contribution in [0.1, 0.15) is 5.56 Å². The molecule has 8 heteroatoms. The summed E-state index contributed by atoms with van der Waals surface area (Å²) in [5.74, 6) is -1.81. The van der Waals surface area contributed by atoms with E-state index in [1.807, 2.05) is 24.3 Å². The Morgan fingerprint density at radius 1 is 1.21 bits per heavy atom. The third kappa shape index (κ3) is 4.71. The van der Waals surface area contributed by atoms with Crippen LogP contribution in [0.25, 0.3) is 0 Å². The number of nitro benzene ring substituents is 1. The smallest absolute Gasteiger partial charge is 0.298 e. The van der Waals surface area contributed by atoms with Gasteiger partial charge in [-0.1, -0.05) is 30.3 Å².